The minimum Gasteiger partial charge on any atom is -0.460 e. The fourth-order valence-corrected chi connectivity index (χ4v) is 2.80. The summed E-state index contributed by atoms with van der Waals surface area (Å²) >= 11 is 0. The molecule has 0 unspecified atom stereocenters. The largest absolute Gasteiger partial charge is 0.460 e. The van der Waals surface area contributed by atoms with Crippen LogP contribution < -0.4 is 15.6 Å². The van der Waals surface area contributed by atoms with Crippen molar-refractivity contribution < 1.29 is 31.5 Å². The molecule has 3 aromatic rings. The van der Waals surface area contributed by atoms with Crippen molar-refractivity contribution in [1.82, 2.24) is 14.9 Å². The molecule has 0 spiro atoms. The van der Waals surface area contributed by atoms with Crippen molar-refractivity contribution in [2.75, 3.05) is 6.86 Å². The van der Waals surface area contributed by atoms with Gasteiger partial charge in [0.1, 0.15) is 11.5 Å². The highest BCUT2D eigenvalue weighted by molar-refractivity contribution is 5.94. The molecule has 0 aliphatic heterocycles. The van der Waals surface area contributed by atoms with Gasteiger partial charge in [0.05, 0.1) is 11.6 Å². The van der Waals surface area contributed by atoms with Gasteiger partial charge in [0.25, 0.3) is 11.5 Å². The number of halogens is 5. The van der Waals surface area contributed by atoms with E-state index in [9.17, 15) is 31.5 Å². The second-order valence-electron chi connectivity index (χ2n) is 6.16. The lowest BCUT2D eigenvalue weighted by Crippen LogP contribution is -2.32. The van der Waals surface area contributed by atoms with Crippen molar-refractivity contribution >= 4 is 5.91 Å². The zero-order valence-corrected chi connectivity index (χ0v) is 15.6. The van der Waals surface area contributed by atoms with Crippen molar-refractivity contribution in [3.8, 4) is 5.75 Å². The summed E-state index contributed by atoms with van der Waals surface area (Å²) in [7, 11) is 0. The number of pyridine rings is 2. The Labute approximate surface area is 171 Å². The van der Waals surface area contributed by atoms with Crippen LogP contribution in [0.4, 0.5) is 22.0 Å². The van der Waals surface area contributed by atoms with E-state index in [0.29, 0.717) is 6.20 Å². The SMILES string of the molecule is O=C(N[C@@H](c1ccc(OCF)c(F)c1)c1ncccc1F)c1ccc(=O)n(C(F)F)c1. The van der Waals surface area contributed by atoms with Crippen LogP contribution in [-0.2, 0) is 0 Å². The van der Waals surface area contributed by atoms with Gasteiger partial charge >= 0.3 is 6.55 Å². The number of carbonyl (C=O) groups is 1. The van der Waals surface area contributed by atoms with Gasteiger partial charge in [-0.25, -0.2) is 13.2 Å². The summed E-state index contributed by atoms with van der Waals surface area (Å²) in [6.45, 7) is -4.45. The quantitative estimate of drug-likeness (QED) is 0.570. The number of alkyl halides is 3. The molecule has 2 aromatic heterocycles. The Hall–Kier alpha value is -3.76. The van der Waals surface area contributed by atoms with Crippen LogP contribution in [0.5, 0.6) is 5.75 Å². The minimum atomic E-state index is -3.18. The lowest BCUT2D eigenvalue weighted by Gasteiger charge is -2.20. The molecule has 1 amide bonds. The number of carbonyl (C=O) groups excluding carboxylic acids is 1. The Morgan fingerprint density at radius 2 is 1.90 bits per heavy atom. The van der Waals surface area contributed by atoms with Crippen LogP contribution in [0.15, 0.2) is 59.7 Å². The molecule has 0 fully saturated rings. The average molecular weight is 439 g/mol. The zero-order valence-electron chi connectivity index (χ0n) is 15.6. The molecule has 162 valence electrons. The summed E-state index contributed by atoms with van der Waals surface area (Å²) in [6.07, 6.45) is 1.89. The number of hydrogen-bond acceptors (Lipinski definition) is 4. The number of benzene rings is 1. The van der Waals surface area contributed by atoms with Crippen LogP contribution in [0, 0.1) is 11.6 Å². The van der Waals surface area contributed by atoms with E-state index in [1.54, 1.807) is 0 Å². The van der Waals surface area contributed by atoms with Crippen LogP contribution in [0.1, 0.15) is 34.2 Å². The molecule has 0 aliphatic carbocycles. The highest BCUT2D eigenvalue weighted by Crippen LogP contribution is 2.27. The first-order valence-corrected chi connectivity index (χ1v) is 8.71. The maximum atomic E-state index is 14.4. The number of nitrogens with one attached hydrogen (secondary N) is 1. The minimum absolute atomic E-state index is 0.0249. The molecule has 0 saturated carbocycles. The summed E-state index contributed by atoms with van der Waals surface area (Å²) < 4.78 is 71.4. The molecule has 0 bridgehead atoms. The highest BCUT2D eigenvalue weighted by atomic mass is 19.3. The van der Waals surface area contributed by atoms with Gasteiger partial charge in [-0.3, -0.25) is 19.1 Å². The van der Waals surface area contributed by atoms with Gasteiger partial charge in [-0.15, -0.1) is 0 Å². The maximum Gasteiger partial charge on any atom is 0.321 e. The van der Waals surface area contributed by atoms with Gasteiger partial charge in [0.15, 0.2) is 11.6 Å². The summed E-state index contributed by atoms with van der Waals surface area (Å²) in [6, 6.07) is 6.05. The Morgan fingerprint density at radius 3 is 2.55 bits per heavy atom. The first kappa shape index (κ1) is 21.9. The number of rotatable bonds is 7. The van der Waals surface area contributed by atoms with Crippen LogP contribution in [-0.4, -0.2) is 22.3 Å². The predicted octanol–water partition coefficient (Wildman–Crippen LogP) is 3.74. The number of aromatic nitrogens is 2. The van der Waals surface area contributed by atoms with Gasteiger partial charge in [0.2, 0.25) is 6.86 Å². The molecule has 1 aromatic carbocycles. The van der Waals surface area contributed by atoms with Gasteiger partial charge in [-0.05, 0) is 35.9 Å². The topological polar surface area (TPSA) is 73.2 Å². The first-order valence-electron chi connectivity index (χ1n) is 8.71. The van der Waals surface area contributed by atoms with E-state index in [2.05, 4.69) is 15.0 Å². The van der Waals surface area contributed by atoms with Crippen molar-refractivity contribution in [2.24, 2.45) is 0 Å². The predicted molar refractivity (Wildman–Crippen MR) is 98.5 cm³/mol. The summed E-state index contributed by atoms with van der Waals surface area (Å²) in [5.41, 5.74) is -1.60. The molecule has 0 aliphatic rings. The van der Waals surface area contributed by atoms with Crippen molar-refractivity contribution in [3.63, 3.8) is 0 Å². The van der Waals surface area contributed by atoms with E-state index in [-0.39, 0.29) is 21.4 Å². The Bertz CT molecular complexity index is 1150. The van der Waals surface area contributed by atoms with Gasteiger partial charge < -0.3 is 10.1 Å². The van der Waals surface area contributed by atoms with E-state index in [4.69, 9.17) is 0 Å². The molecule has 0 radical (unpaired) electrons. The van der Waals surface area contributed by atoms with Crippen LogP contribution in [0.25, 0.3) is 0 Å². The summed E-state index contributed by atoms with van der Waals surface area (Å²) in [5.74, 6) is -3.15. The molecule has 2 heterocycles. The summed E-state index contributed by atoms with van der Waals surface area (Å²) in [5, 5.41) is 2.39. The number of hydrogen-bond donors (Lipinski definition) is 1. The number of amides is 1. The second-order valence-corrected chi connectivity index (χ2v) is 6.16. The lowest BCUT2D eigenvalue weighted by molar-refractivity contribution is 0.0658. The molecular weight excluding hydrogens is 425 g/mol. The van der Waals surface area contributed by atoms with Crippen molar-refractivity contribution in [1.29, 1.82) is 0 Å². The van der Waals surface area contributed by atoms with Crippen LogP contribution in [0.2, 0.25) is 0 Å². The third-order valence-electron chi connectivity index (χ3n) is 4.25. The Morgan fingerprint density at radius 1 is 1.13 bits per heavy atom. The van der Waals surface area contributed by atoms with E-state index < -0.39 is 48.3 Å². The second kappa shape index (κ2) is 9.37. The first-order chi connectivity index (χ1) is 14.8. The van der Waals surface area contributed by atoms with Gasteiger partial charge in [0, 0.05) is 18.5 Å². The molecule has 1 atom stereocenters. The number of nitrogens with zero attached hydrogens (tertiary/aromatic N) is 2. The third-order valence-corrected chi connectivity index (χ3v) is 4.25. The summed E-state index contributed by atoms with van der Waals surface area (Å²) in [4.78, 5) is 28.0. The molecule has 6 nitrogen and oxygen atoms in total. The smallest absolute Gasteiger partial charge is 0.321 e. The van der Waals surface area contributed by atoms with E-state index in [0.717, 1.165) is 30.3 Å². The Kier molecular flexibility index (Phi) is 6.63. The zero-order chi connectivity index (χ0) is 22.5. The Balaban J connectivity index is 2.01. The monoisotopic (exact) mass is 439 g/mol. The van der Waals surface area contributed by atoms with E-state index in [1.807, 2.05) is 0 Å². The molecule has 1 N–H and O–H groups in total. The van der Waals surface area contributed by atoms with Crippen molar-refractivity contribution in [2.45, 2.75) is 12.6 Å². The average Bonchev–Trinajstić information content (AvgIpc) is 2.74. The third kappa shape index (κ3) is 4.87. The molecule has 31 heavy (non-hydrogen) atoms. The van der Waals surface area contributed by atoms with E-state index in [1.165, 1.54) is 18.3 Å². The van der Waals surface area contributed by atoms with Crippen molar-refractivity contribution in [3.05, 3.63) is 93.7 Å². The lowest BCUT2D eigenvalue weighted by atomic mass is 10.0. The van der Waals surface area contributed by atoms with Crippen LogP contribution >= 0.6 is 0 Å². The highest BCUT2D eigenvalue weighted by Gasteiger charge is 2.24. The molecule has 11 heteroatoms. The van der Waals surface area contributed by atoms with Gasteiger partial charge in [-0.1, -0.05) is 6.07 Å². The normalized spacial score (nSPS) is 11.9. The van der Waals surface area contributed by atoms with Crippen LogP contribution in [0.3, 0.4) is 0 Å². The molecule has 0 saturated heterocycles. The van der Waals surface area contributed by atoms with E-state index >= 15 is 0 Å². The fourth-order valence-electron chi connectivity index (χ4n) is 2.80. The maximum absolute atomic E-state index is 14.4. The molecular formula is C20H14F5N3O3. The number of ether oxygens (including phenoxy) is 1. The standard InChI is InChI=1S/C20H14F5N3O3/c21-10-31-15-5-3-11(8-14(15)23)17(18-13(22)2-1-7-26-18)27-19(30)12-4-6-16(29)28(9-12)20(24)25/h1-9,17,20H,10H2,(H,27,30)/t17-/m0/s1. The fraction of sp³-hybridized carbons (Fsp3) is 0.150. The van der Waals surface area contributed by atoms with Gasteiger partial charge in [-0.2, -0.15) is 8.78 Å². The molecule has 3 rings (SSSR count).